The Kier molecular flexibility index (Phi) is 17.7. The average Bonchev–Trinajstić information content (AvgIpc) is 2.58. The lowest BCUT2D eigenvalue weighted by molar-refractivity contribution is -0.929. The van der Waals surface area contributed by atoms with E-state index in [1.54, 1.807) is 0 Å². The molecule has 0 spiro atoms. The number of hydrogen-bond acceptors (Lipinski definition) is 0. The van der Waals surface area contributed by atoms with Gasteiger partial charge in [0.2, 0.25) is 0 Å². The molecule has 0 saturated carbocycles. The second-order valence-corrected chi connectivity index (χ2v) is 8.13. The molecule has 0 atom stereocenters. The first kappa shape index (κ1) is 24.0. The zero-order chi connectivity index (χ0) is 17.9. The predicted molar refractivity (Wildman–Crippen MR) is 112 cm³/mol. The quantitative estimate of drug-likeness (QED) is 0.167. The van der Waals surface area contributed by atoms with Gasteiger partial charge in [-0.1, -0.05) is 72.6 Å². The van der Waals surface area contributed by atoms with Crippen molar-refractivity contribution in [2.75, 3.05) is 26.2 Å². The molecule has 0 aromatic heterocycles. The van der Waals surface area contributed by atoms with Gasteiger partial charge in [0.15, 0.2) is 0 Å². The third-order valence-electron chi connectivity index (χ3n) is 5.69. The Morgan fingerprint density at radius 3 is 0.958 bits per heavy atom. The third kappa shape index (κ3) is 13.3. The van der Waals surface area contributed by atoms with E-state index >= 15 is 0 Å². The summed E-state index contributed by atoms with van der Waals surface area (Å²) in [4.78, 5) is 0. The highest BCUT2D eigenvalue weighted by Gasteiger charge is 2.25. The van der Waals surface area contributed by atoms with Crippen LogP contribution in [0.3, 0.4) is 0 Å². The van der Waals surface area contributed by atoms with Crippen LogP contribution in [0.15, 0.2) is 0 Å². The van der Waals surface area contributed by atoms with Gasteiger partial charge in [-0.25, -0.2) is 0 Å². The fraction of sp³-hybridized carbons (Fsp3) is 1.00. The van der Waals surface area contributed by atoms with Gasteiger partial charge in [0.25, 0.3) is 0 Å². The molecule has 0 N–H and O–H groups in total. The van der Waals surface area contributed by atoms with Crippen LogP contribution in [0, 0.1) is 0 Å². The smallest absolute Gasteiger partial charge is 0.0786 e. The van der Waals surface area contributed by atoms with Gasteiger partial charge < -0.3 is 4.48 Å². The molecule has 0 aromatic carbocycles. The van der Waals surface area contributed by atoms with E-state index in [-0.39, 0.29) is 0 Å². The molecule has 0 heterocycles. The third-order valence-corrected chi connectivity index (χ3v) is 5.69. The van der Waals surface area contributed by atoms with Crippen molar-refractivity contribution in [2.45, 2.75) is 124 Å². The van der Waals surface area contributed by atoms with Gasteiger partial charge in [-0.2, -0.15) is 0 Å². The first-order valence-corrected chi connectivity index (χ1v) is 11.6. The van der Waals surface area contributed by atoms with E-state index in [1.165, 1.54) is 127 Å². The van der Waals surface area contributed by atoms with E-state index in [2.05, 4.69) is 27.7 Å². The van der Waals surface area contributed by atoms with Crippen molar-refractivity contribution in [3.8, 4) is 0 Å². The molecule has 0 aliphatic carbocycles. The summed E-state index contributed by atoms with van der Waals surface area (Å²) in [5.74, 6) is 0. The summed E-state index contributed by atoms with van der Waals surface area (Å²) in [6, 6.07) is 0. The van der Waals surface area contributed by atoms with Gasteiger partial charge in [0.1, 0.15) is 0 Å². The van der Waals surface area contributed by atoms with E-state index in [4.69, 9.17) is 0 Å². The molecule has 1 nitrogen and oxygen atoms in total. The zero-order valence-electron chi connectivity index (χ0n) is 17.9. The summed E-state index contributed by atoms with van der Waals surface area (Å²) in [7, 11) is 0. The van der Waals surface area contributed by atoms with Crippen LogP contribution in [0.1, 0.15) is 124 Å². The van der Waals surface area contributed by atoms with Gasteiger partial charge in [0, 0.05) is 0 Å². The normalized spacial score (nSPS) is 12.0. The maximum absolute atomic E-state index is 2.34. The minimum atomic E-state index is 1.36. The number of nitrogens with zero attached hydrogens (tertiary/aromatic N) is 1. The molecule has 0 fully saturated rings. The number of unbranched alkanes of at least 4 members (excludes halogenated alkanes) is 11. The van der Waals surface area contributed by atoms with E-state index in [0.717, 1.165) is 0 Å². The van der Waals surface area contributed by atoms with Crippen LogP contribution >= 0.6 is 0 Å². The molecule has 0 aromatic rings. The molecule has 0 radical (unpaired) electrons. The summed E-state index contributed by atoms with van der Waals surface area (Å²) >= 11 is 0. The fourth-order valence-electron chi connectivity index (χ4n) is 3.99. The molecule has 0 amide bonds. The van der Waals surface area contributed by atoms with Gasteiger partial charge >= 0.3 is 0 Å². The molecular formula is C23H50N+. The maximum Gasteiger partial charge on any atom is 0.0786 e. The van der Waals surface area contributed by atoms with E-state index < -0.39 is 0 Å². The molecule has 0 bridgehead atoms. The van der Waals surface area contributed by atoms with Gasteiger partial charge in [-0.15, -0.1) is 0 Å². The lowest BCUT2D eigenvalue weighted by Crippen LogP contribution is -2.50. The van der Waals surface area contributed by atoms with Crippen LogP contribution in [0.4, 0.5) is 0 Å². The van der Waals surface area contributed by atoms with Crippen molar-refractivity contribution >= 4 is 0 Å². The van der Waals surface area contributed by atoms with Crippen LogP contribution in [0.5, 0.6) is 0 Å². The molecule has 0 saturated heterocycles. The Hall–Kier alpha value is -0.0400. The van der Waals surface area contributed by atoms with Gasteiger partial charge in [-0.3, -0.25) is 0 Å². The minimum Gasteiger partial charge on any atom is -0.324 e. The van der Waals surface area contributed by atoms with Crippen LogP contribution < -0.4 is 0 Å². The Balaban J connectivity index is 4.48. The minimum absolute atomic E-state index is 1.36. The first-order chi connectivity index (χ1) is 11.7. The Labute approximate surface area is 155 Å². The lowest BCUT2D eigenvalue weighted by atomic mass is 10.1. The molecular weight excluding hydrogens is 290 g/mol. The topological polar surface area (TPSA) is 0 Å². The van der Waals surface area contributed by atoms with Crippen molar-refractivity contribution < 1.29 is 4.48 Å². The Bertz CT molecular complexity index is 210. The summed E-state index contributed by atoms with van der Waals surface area (Å²) in [6.07, 6.45) is 21.4. The van der Waals surface area contributed by atoms with Crippen molar-refractivity contribution in [3.63, 3.8) is 0 Å². The summed E-state index contributed by atoms with van der Waals surface area (Å²) < 4.78 is 1.45. The number of quaternary nitrogens is 1. The summed E-state index contributed by atoms with van der Waals surface area (Å²) in [5, 5.41) is 0. The molecule has 0 aliphatic rings. The Morgan fingerprint density at radius 2 is 0.583 bits per heavy atom. The lowest BCUT2D eigenvalue weighted by Gasteiger charge is -2.39. The fourth-order valence-corrected chi connectivity index (χ4v) is 3.99. The predicted octanol–water partition coefficient (Wildman–Crippen LogP) is 7.73. The SMILES string of the molecule is CCCCCCCC[N+](CCCCC)(CCCCC)CCCCC. The van der Waals surface area contributed by atoms with Crippen LogP contribution in [-0.4, -0.2) is 30.7 Å². The molecule has 1 heteroatoms. The van der Waals surface area contributed by atoms with Crippen LogP contribution in [0.2, 0.25) is 0 Å². The number of rotatable bonds is 19. The Morgan fingerprint density at radius 1 is 0.333 bits per heavy atom. The van der Waals surface area contributed by atoms with E-state index in [1.807, 2.05) is 0 Å². The molecule has 146 valence electrons. The van der Waals surface area contributed by atoms with E-state index in [9.17, 15) is 0 Å². The maximum atomic E-state index is 2.34. The highest BCUT2D eigenvalue weighted by Crippen LogP contribution is 2.19. The van der Waals surface area contributed by atoms with Crippen LogP contribution in [0.25, 0.3) is 0 Å². The van der Waals surface area contributed by atoms with Crippen molar-refractivity contribution in [2.24, 2.45) is 0 Å². The average molecular weight is 341 g/mol. The van der Waals surface area contributed by atoms with E-state index in [0.29, 0.717) is 0 Å². The summed E-state index contributed by atoms with van der Waals surface area (Å²) in [5.41, 5.74) is 0. The largest absolute Gasteiger partial charge is 0.324 e. The zero-order valence-corrected chi connectivity index (χ0v) is 17.9. The first-order valence-electron chi connectivity index (χ1n) is 11.6. The van der Waals surface area contributed by atoms with Crippen LogP contribution in [-0.2, 0) is 0 Å². The monoisotopic (exact) mass is 340 g/mol. The van der Waals surface area contributed by atoms with Gasteiger partial charge in [0.05, 0.1) is 26.2 Å². The highest BCUT2D eigenvalue weighted by molar-refractivity contribution is 4.52. The van der Waals surface area contributed by atoms with Crippen molar-refractivity contribution in [3.05, 3.63) is 0 Å². The summed E-state index contributed by atoms with van der Waals surface area (Å²) in [6.45, 7) is 15.2. The second kappa shape index (κ2) is 17.8. The number of hydrogen-bond donors (Lipinski definition) is 0. The van der Waals surface area contributed by atoms with Crippen molar-refractivity contribution in [1.82, 2.24) is 0 Å². The molecule has 0 unspecified atom stereocenters. The molecule has 0 aliphatic heterocycles. The molecule has 24 heavy (non-hydrogen) atoms. The highest BCUT2D eigenvalue weighted by atomic mass is 15.3. The molecule has 0 rings (SSSR count). The van der Waals surface area contributed by atoms with Gasteiger partial charge in [-0.05, 0) is 51.4 Å². The second-order valence-electron chi connectivity index (χ2n) is 8.13. The standard InChI is InChI=1S/C23H50N/c1-5-9-13-14-15-19-23-24(20-16-10-6-2,21-17-11-7-3)22-18-12-8-4/h5-23H2,1-4H3/q+1. The van der Waals surface area contributed by atoms with Crippen molar-refractivity contribution in [1.29, 1.82) is 0 Å².